The lowest BCUT2D eigenvalue weighted by molar-refractivity contribution is -0.145. The molecule has 0 spiro atoms. The molecule has 23 heavy (non-hydrogen) atoms. The molecule has 126 valence electrons. The molecule has 1 aromatic heterocycles. The van der Waals surface area contributed by atoms with E-state index in [0.29, 0.717) is 28.4 Å². The van der Waals surface area contributed by atoms with E-state index in [-0.39, 0.29) is 5.41 Å². The first-order chi connectivity index (χ1) is 10.5. The third kappa shape index (κ3) is 2.73. The first-order valence-electron chi connectivity index (χ1n) is 7.43. The number of hydrogen-bond donors (Lipinski definition) is 1. The Morgan fingerprint density at radius 2 is 1.61 bits per heavy atom. The van der Waals surface area contributed by atoms with Crippen LogP contribution in [0.4, 0.5) is 0 Å². The molecular formula is C17H24N2O4. The van der Waals surface area contributed by atoms with E-state index in [9.17, 15) is 9.90 Å². The monoisotopic (exact) mass is 320 g/mol. The van der Waals surface area contributed by atoms with Gasteiger partial charge < -0.3 is 19.1 Å². The van der Waals surface area contributed by atoms with Gasteiger partial charge in [-0.15, -0.1) is 0 Å². The summed E-state index contributed by atoms with van der Waals surface area (Å²) in [6, 6.07) is 3.55. The fourth-order valence-corrected chi connectivity index (χ4v) is 2.57. The van der Waals surface area contributed by atoms with Crippen LogP contribution in [0.3, 0.4) is 0 Å². The van der Waals surface area contributed by atoms with Crippen molar-refractivity contribution in [2.45, 2.75) is 45.6 Å². The lowest BCUT2D eigenvalue weighted by atomic mass is 9.93. The second-order valence-corrected chi connectivity index (χ2v) is 7.08. The molecule has 0 saturated carbocycles. The fraction of sp³-hybridized carbons (Fsp3) is 0.529. The van der Waals surface area contributed by atoms with Crippen LogP contribution < -0.4 is 9.47 Å². The maximum atomic E-state index is 11.8. The summed E-state index contributed by atoms with van der Waals surface area (Å²) < 4.78 is 12.4. The van der Waals surface area contributed by atoms with Crippen molar-refractivity contribution in [3.63, 3.8) is 0 Å². The minimum Gasteiger partial charge on any atom is -0.493 e. The molecule has 0 atom stereocenters. The predicted molar refractivity (Wildman–Crippen MR) is 88.5 cm³/mol. The predicted octanol–water partition coefficient (Wildman–Crippen LogP) is 3.17. The molecule has 0 aliphatic carbocycles. The van der Waals surface area contributed by atoms with Crippen LogP contribution in [0.25, 0.3) is 11.0 Å². The number of nitrogens with zero attached hydrogens (tertiary/aromatic N) is 2. The summed E-state index contributed by atoms with van der Waals surface area (Å²) in [5, 5.41) is 9.69. The molecule has 0 bridgehead atoms. The van der Waals surface area contributed by atoms with Gasteiger partial charge in [0.05, 0.1) is 25.3 Å². The molecule has 0 aliphatic rings. The van der Waals surface area contributed by atoms with Gasteiger partial charge in [0, 0.05) is 17.5 Å². The second-order valence-electron chi connectivity index (χ2n) is 7.08. The van der Waals surface area contributed by atoms with Gasteiger partial charge in [0.15, 0.2) is 11.5 Å². The van der Waals surface area contributed by atoms with Gasteiger partial charge >= 0.3 is 5.97 Å². The van der Waals surface area contributed by atoms with E-state index in [2.05, 4.69) is 4.98 Å². The number of aliphatic carboxylic acids is 1. The van der Waals surface area contributed by atoms with E-state index in [1.165, 1.54) is 0 Å². The quantitative estimate of drug-likeness (QED) is 0.936. The Labute approximate surface area is 136 Å². The highest BCUT2D eigenvalue weighted by atomic mass is 16.5. The zero-order valence-electron chi connectivity index (χ0n) is 14.7. The third-order valence-corrected chi connectivity index (χ3v) is 3.91. The number of carboxylic acids is 1. The van der Waals surface area contributed by atoms with Crippen molar-refractivity contribution in [2.75, 3.05) is 14.2 Å². The van der Waals surface area contributed by atoms with Crippen molar-refractivity contribution in [1.29, 1.82) is 0 Å². The lowest BCUT2D eigenvalue weighted by Gasteiger charge is -2.29. The standard InChI is InChI=1S/C17H24N2O4/c1-16(2,3)14-18-10-8-12(22-6)13(23-7)9-11(10)19(14)17(4,5)15(20)21/h8-9H,1-7H3,(H,20,21). The van der Waals surface area contributed by atoms with E-state index < -0.39 is 11.5 Å². The number of aromatic nitrogens is 2. The van der Waals surface area contributed by atoms with Crippen LogP contribution >= 0.6 is 0 Å². The SMILES string of the molecule is COc1cc2nc(C(C)(C)C)n(C(C)(C)C(=O)O)c2cc1OC. The molecule has 2 aromatic rings. The minimum atomic E-state index is -1.14. The Bertz CT molecular complexity index is 754. The van der Waals surface area contributed by atoms with Gasteiger partial charge in [0.25, 0.3) is 0 Å². The summed E-state index contributed by atoms with van der Waals surface area (Å²) in [7, 11) is 3.12. The van der Waals surface area contributed by atoms with Crippen molar-refractivity contribution in [3.8, 4) is 11.5 Å². The van der Waals surface area contributed by atoms with Crippen LogP contribution in [-0.2, 0) is 15.7 Å². The van der Waals surface area contributed by atoms with Crippen molar-refractivity contribution in [2.24, 2.45) is 0 Å². The first kappa shape index (κ1) is 17.1. The Morgan fingerprint density at radius 1 is 1.09 bits per heavy atom. The van der Waals surface area contributed by atoms with Crippen molar-refractivity contribution >= 4 is 17.0 Å². The van der Waals surface area contributed by atoms with Crippen LogP contribution in [0.15, 0.2) is 12.1 Å². The number of ether oxygens (including phenoxy) is 2. The fourth-order valence-electron chi connectivity index (χ4n) is 2.57. The largest absolute Gasteiger partial charge is 0.493 e. The van der Waals surface area contributed by atoms with E-state index >= 15 is 0 Å². The maximum absolute atomic E-state index is 11.8. The van der Waals surface area contributed by atoms with Crippen molar-refractivity contribution < 1.29 is 19.4 Å². The number of imidazole rings is 1. The van der Waals surface area contributed by atoms with Crippen LogP contribution in [0.1, 0.15) is 40.4 Å². The number of rotatable bonds is 4. The molecule has 0 fully saturated rings. The first-order valence-corrected chi connectivity index (χ1v) is 7.43. The highest BCUT2D eigenvalue weighted by molar-refractivity contribution is 5.85. The van der Waals surface area contributed by atoms with Gasteiger partial charge in [0.2, 0.25) is 0 Å². The normalized spacial score (nSPS) is 12.5. The molecule has 0 unspecified atom stereocenters. The average molecular weight is 320 g/mol. The summed E-state index contributed by atoms with van der Waals surface area (Å²) in [6.07, 6.45) is 0. The molecule has 2 rings (SSSR count). The molecule has 0 aliphatic heterocycles. The van der Waals surface area contributed by atoms with Gasteiger partial charge in [-0.2, -0.15) is 0 Å². The van der Waals surface area contributed by atoms with E-state index in [0.717, 1.165) is 0 Å². The molecule has 6 nitrogen and oxygen atoms in total. The number of benzene rings is 1. The molecule has 0 radical (unpaired) electrons. The molecule has 0 saturated heterocycles. The topological polar surface area (TPSA) is 73.6 Å². The van der Waals surface area contributed by atoms with Gasteiger partial charge in [-0.1, -0.05) is 20.8 Å². The molecule has 0 amide bonds. The van der Waals surface area contributed by atoms with E-state index in [1.54, 1.807) is 44.8 Å². The molecular weight excluding hydrogens is 296 g/mol. The summed E-state index contributed by atoms with van der Waals surface area (Å²) in [4.78, 5) is 16.5. The third-order valence-electron chi connectivity index (χ3n) is 3.91. The van der Waals surface area contributed by atoms with E-state index in [4.69, 9.17) is 9.47 Å². The molecule has 6 heteroatoms. The zero-order chi connectivity index (χ0) is 17.6. The summed E-state index contributed by atoms with van der Waals surface area (Å²) in [5.74, 6) is 0.897. The number of fused-ring (bicyclic) bond motifs is 1. The van der Waals surface area contributed by atoms with Crippen molar-refractivity contribution in [3.05, 3.63) is 18.0 Å². The second kappa shape index (κ2) is 5.44. The summed E-state index contributed by atoms with van der Waals surface area (Å²) in [6.45, 7) is 9.37. The smallest absolute Gasteiger partial charge is 0.329 e. The van der Waals surface area contributed by atoms with Crippen LogP contribution in [0, 0.1) is 0 Å². The van der Waals surface area contributed by atoms with Gasteiger partial charge in [-0.05, 0) is 13.8 Å². The number of methoxy groups -OCH3 is 2. The highest BCUT2D eigenvalue weighted by Crippen LogP contribution is 2.37. The van der Waals surface area contributed by atoms with Gasteiger partial charge in [-0.3, -0.25) is 0 Å². The van der Waals surface area contributed by atoms with Crippen LogP contribution in [0.2, 0.25) is 0 Å². The average Bonchev–Trinajstić information content (AvgIpc) is 2.84. The Hall–Kier alpha value is -2.24. The zero-order valence-corrected chi connectivity index (χ0v) is 14.7. The number of carbonyl (C=O) groups is 1. The Morgan fingerprint density at radius 3 is 2.04 bits per heavy atom. The Balaban J connectivity index is 2.93. The van der Waals surface area contributed by atoms with Crippen molar-refractivity contribution in [1.82, 2.24) is 9.55 Å². The minimum absolute atomic E-state index is 0.313. The van der Waals surface area contributed by atoms with Gasteiger partial charge in [0.1, 0.15) is 11.4 Å². The van der Waals surface area contributed by atoms with Crippen LogP contribution in [0.5, 0.6) is 11.5 Å². The van der Waals surface area contributed by atoms with Gasteiger partial charge in [-0.25, -0.2) is 9.78 Å². The van der Waals surface area contributed by atoms with Crippen LogP contribution in [-0.4, -0.2) is 34.8 Å². The van der Waals surface area contributed by atoms with E-state index in [1.807, 2.05) is 20.8 Å². The maximum Gasteiger partial charge on any atom is 0.329 e. The highest BCUT2D eigenvalue weighted by Gasteiger charge is 2.37. The molecule has 1 heterocycles. The number of carboxylic acid groups (broad SMARTS) is 1. The molecule has 1 N–H and O–H groups in total. The Kier molecular flexibility index (Phi) is 4.05. The summed E-state index contributed by atoms with van der Waals surface area (Å²) in [5.41, 5.74) is -0.0646. The molecule has 1 aromatic carbocycles. The lowest BCUT2D eigenvalue weighted by Crippen LogP contribution is -2.39. The number of hydrogen-bond acceptors (Lipinski definition) is 4. The summed E-state index contributed by atoms with van der Waals surface area (Å²) >= 11 is 0.